The van der Waals surface area contributed by atoms with Gasteiger partial charge in [-0.2, -0.15) is 0 Å². The molecule has 0 amide bonds. The normalized spacial score (nSPS) is 11.4. The number of halogens is 1. The second-order valence-electron chi connectivity index (χ2n) is 6.21. The first-order valence-electron chi connectivity index (χ1n) is 8.04. The summed E-state index contributed by atoms with van der Waals surface area (Å²) in [6.07, 6.45) is 1.79. The smallest absolute Gasteiger partial charge is 0.191 e. The van der Waals surface area contributed by atoms with Gasteiger partial charge in [0.25, 0.3) is 0 Å². The van der Waals surface area contributed by atoms with Gasteiger partial charge in [0.15, 0.2) is 5.96 Å². The number of nitrogens with one attached hydrogen (secondary N) is 2. The van der Waals surface area contributed by atoms with E-state index in [2.05, 4.69) is 46.6 Å². The average molecular weight is 454 g/mol. The molecule has 0 aliphatic carbocycles. The lowest BCUT2D eigenvalue weighted by molar-refractivity contribution is 0.414. The van der Waals surface area contributed by atoms with Crippen LogP contribution in [0.5, 0.6) is 5.75 Å². The van der Waals surface area contributed by atoms with E-state index in [1.54, 1.807) is 20.4 Å². The van der Waals surface area contributed by atoms with Crippen molar-refractivity contribution in [1.29, 1.82) is 0 Å². The predicted molar refractivity (Wildman–Crippen MR) is 114 cm³/mol. The summed E-state index contributed by atoms with van der Waals surface area (Å²) in [5.74, 6) is 1.64. The molecule has 25 heavy (non-hydrogen) atoms. The maximum absolute atomic E-state index is 5.22. The van der Waals surface area contributed by atoms with Crippen molar-refractivity contribution in [3.63, 3.8) is 0 Å². The van der Waals surface area contributed by atoms with E-state index >= 15 is 0 Å². The molecule has 136 valence electrons. The van der Waals surface area contributed by atoms with Crippen LogP contribution in [-0.4, -0.2) is 31.6 Å². The first kappa shape index (κ1) is 21.2. The molecule has 2 aromatic rings. The van der Waals surface area contributed by atoms with E-state index in [0.29, 0.717) is 6.54 Å². The fraction of sp³-hybridized carbons (Fsp3) is 0.368. The quantitative estimate of drug-likeness (QED) is 0.400. The van der Waals surface area contributed by atoms with Crippen LogP contribution in [0.1, 0.15) is 25.1 Å². The second kappa shape index (κ2) is 10.2. The average Bonchev–Trinajstić information content (AvgIpc) is 2.62. The van der Waals surface area contributed by atoms with Crippen molar-refractivity contribution < 1.29 is 4.74 Å². The Hall–Kier alpha value is -1.83. The molecule has 2 N–H and O–H groups in total. The fourth-order valence-corrected chi connectivity index (χ4v) is 2.35. The van der Waals surface area contributed by atoms with Gasteiger partial charge in [0.1, 0.15) is 5.75 Å². The molecular weight excluding hydrogens is 427 g/mol. The minimum atomic E-state index is -0.0328. The highest BCUT2D eigenvalue weighted by Gasteiger charge is 2.21. The van der Waals surface area contributed by atoms with Crippen LogP contribution in [0, 0.1) is 0 Å². The molecule has 0 atom stereocenters. The van der Waals surface area contributed by atoms with Crippen LogP contribution < -0.4 is 15.4 Å². The summed E-state index contributed by atoms with van der Waals surface area (Å²) in [5.41, 5.74) is 2.19. The van der Waals surface area contributed by atoms with Crippen LogP contribution in [0.25, 0.3) is 0 Å². The van der Waals surface area contributed by atoms with Gasteiger partial charge in [-0.25, -0.2) is 0 Å². The Bertz CT molecular complexity index is 657. The molecule has 1 aromatic heterocycles. The van der Waals surface area contributed by atoms with Crippen molar-refractivity contribution >= 4 is 29.9 Å². The van der Waals surface area contributed by atoms with E-state index in [4.69, 9.17) is 4.74 Å². The Morgan fingerprint density at radius 3 is 2.40 bits per heavy atom. The molecule has 0 aliphatic rings. The van der Waals surface area contributed by atoms with Crippen molar-refractivity contribution in [2.45, 2.75) is 25.8 Å². The summed E-state index contributed by atoms with van der Waals surface area (Å²) in [4.78, 5) is 8.57. The zero-order valence-electron chi connectivity index (χ0n) is 15.2. The summed E-state index contributed by atoms with van der Waals surface area (Å²) in [6.45, 7) is 5.81. The zero-order chi connectivity index (χ0) is 17.4. The first-order chi connectivity index (χ1) is 11.5. The van der Waals surface area contributed by atoms with E-state index < -0.39 is 0 Å². The van der Waals surface area contributed by atoms with E-state index in [9.17, 15) is 0 Å². The third kappa shape index (κ3) is 6.53. The molecule has 5 nitrogen and oxygen atoms in total. The number of hydrogen-bond acceptors (Lipinski definition) is 3. The van der Waals surface area contributed by atoms with Gasteiger partial charge < -0.3 is 15.4 Å². The van der Waals surface area contributed by atoms with Crippen LogP contribution in [0.3, 0.4) is 0 Å². The Morgan fingerprint density at radius 2 is 1.84 bits per heavy atom. The van der Waals surface area contributed by atoms with Gasteiger partial charge in [-0.1, -0.05) is 32.0 Å². The van der Waals surface area contributed by atoms with Gasteiger partial charge in [0.05, 0.1) is 19.3 Å². The molecule has 0 aliphatic heterocycles. The number of pyridine rings is 1. The number of nitrogens with zero attached hydrogens (tertiary/aromatic N) is 2. The first-order valence-corrected chi connectivity index (χ1v) is 8.04. The molecule has 0 bridgehead atoms. The highest BCUT2D eigenvalue weighted by Crippen LogP contribution is 2.24. The summed E-state index contributed by atoms with van der Waals surface area (Å²) in [6, 6.07) is 14.1. The third-order valence-electron chi connectivity index (χ3n) is 3.96. The largest absolute Gasteiger partial charge is 0.497 e. The lowest BCUT2D eigenvalue weighted by Crippen LogP contribution is -2.43. The molecule has 0 saturated carbocycles. The molecule has 1 aromatic carbocycles. The third-order valence-corrected chi connectivity index (χ3v) is 3.96. The highest BCUT2D eigenvalue weighted by molar-refractivity contribution is 14.0. The van der Waals surface area contributed by atoms with E-state index in [1.807, 2.05) is 30.3 Å². The van der Waals surface area contributed by atoms with Gasteiger partial charge in [0, 0.05) is 25.2 Å². The van der Waals surface area contributed by atoms with Crippen molar-refractivity contribution in [3.05, 3.63) is 59.9 Å². The molecule has 2 rings (SSSR count). The maximum atomic E-state index is 5.22. The Kier molecular flexibility index (Phi) is 8.68. The fourth-order valence-electron chi connectivity index (χ4n) is 2.35. The zero-order valence-corrected chi connectivity index (χ0v) is 17.6. The molecule has 6 heteroatoms. The number of benzene rings is 1. The monoisotopic (exact) mass is 454 g/mol. The van der Waals surface area contributed by atoms with Gasteiger partial charge in [-0.3, -0.25) is 9.98 Å². The maximum Gasteiger partial charge on any atom is 0.191 e. The number of rotatable bonds is 6. The SMILES string of the molecule is CN=C(NCc1ccccn1)NCC(C)(C)c1ccc(OC)cc1.I. The molecule has 0 unspecified atom stereocenters. The lowest BCUT2D eigenvalue weighted by atomic mass is 9.84. The van der Waals surface area contributed by atoms with Crippen molar-refractivity contribution in [2.75, 3.05) is 20.7 Å². The summed E-state index contributed by atoms with van der Waals surface area (Å²) in [7, 11) is 3.45. The topological polar surface area (TPSA) is 58.5 Å². The summed E-state index contributed by atoms with van der Waals surface area (Å²) in [5, 5.41) is 6.67. The molecule has 1 heterocycles. The van der Waals surface area contributed by atoms with Crippen LogP contribution in [-0.2, 0) is 12.0 Å². The van der Waals surface area contributed by atoms with Crippen molar-refractivity contribution in [2.24, 2.45) is 4.99 Å². The molecule has 0 radical (unpaired) electrons. The second-order valence-corrected chi connectivity index (χ2v) is 6.21. The van der Waals surface area contributed by atoms with Crippen molar-refractivity contribution in [3.8, 4) is 5.75 Å². The molecular formula is C19H27IN4O. The molecule has 0 fully saturated rings. The number of aliphatic imine (C=N–C) groups is 1. The summed E-state index contributed by atoms with van der Waals surface area (Å²) < 4.78 is 5.22. The van der Waals surface area contributed by atoms with Crippen LogP contribution in [0.4, 0.5) is 0 Å². The van der Waals surface area contributed by atoms with Gasteiger partial charge in [-0.15, -0.1) is 24.0 Å². The highest BCUT2D eigenvalue weighted by atomic mass is 127. The Labute approximate surface area is 167 Å². The predicted octanol–water partition coefficient (Wildman–Crippen LogP) is 3.35. The van der Waals surface area contributed by atoms with Crippen molar-refractivity contribution in [1.82, 2.24) is 15.6 Å². The number of aromatic nitrogens is 1. The van der Waals surface area contributed by atoms with E-state index in [1.165, 1.54) is 5.56 Å². The Morgan fingerprint density at radius 1 is 1.12 bits per heavy atom. The van der Waals surface area contributed by atoms with E-state index in [-0.39, 0.29) is 29.4 Å². The van der Waals surface area contributed by atoms with E-state index in [0.717, 1.165) is 23.9 Å². The van der Waals surface area contributed by atoms with Gasteiger partial charge >= 0.3 is 0 Å². The van der Waals surface area contributed by atoms with Gasteiger partial charge in [0.2, 0.25) is 0 Å². The van der Waals surface area contributed by atoms with Crippen LogP contribution in [0.15, 0.2) is 53.7 Å². The minimum absolute atomic E-state index is 0. The minimum Gasteiger partial charge on any atom is -0.497 e. The standard InChI is InChI=1S/C19H26N4O.HI/c1-19(2,15-8-10-17(24-4)11-9-15)14-23-18(20-3)22-13-16-7-5-6-12-21-16;/h5-12H,13-14H2,1-4H3,(H2,20,22,23);1H. The van der Waals surface area contributed by atoms with Crippen LogP contribution in [0.2, 0.25) is 0 Å². The van der Waals surface area contributed by atoms with Gasteiger partial charge in [-0.05, 0) is 29.8 Å². The van der Waals surface area contributed by atoms with Crippen LogP contribution >= 0.6 is 24.0 Å². The molecule has 0 saturated heterocycles. The Balaban J connectivity index is 0.00000312. The lowest BCUT2D eigenvalue weighted by Gasteiger charge is -2.27. The number of methoxy groups -OCH3 is 1. The summed E-state index contributed by atoms with van der Waals surface area (Å²) >= 11 is 0. The number of ether oxygens (including phenoxy) is 1. The number of guanidine groups is 1. The number of hydrogen-bond donors (Lipinski definition) is 2. The molecule has 0 spiro atoms.